The Bertz CT molecular complexity index is 487. The van der Waals surface area contributed by atoms with Crippen molar-refractivity contribution in [2.75, 3.05) is 6.54 Å². The molecule has 0 aliphatic rings. The fourth-order valence-electron chi connectivity index (χ4n) is 2.29. The fraction of sp³-hybridized carbons (Fsp3) is 0.714. The Labute approximate surface area is 123 Å². The van der Waals surface area contributed by atoms with Crippen molar-refractivity contribution in [3.05, 3.63) is 20.7 Å². The van der Waals surface area contributed by atoms with Gasteiger partial charge in [-0.05, 0) is 19.8 Å². The van der Waals surface area contributed by atoms with Crippen molar-refractivity contribution < 1.29 is 9.90 Å². The lowest BCUT2D eigenvalue weighted by Gasteiger charge is -2.27. The van der Waals surface area contributed by atoms with Gasteiger partial charge in [0, 0.05) is 17.6 Å². The average molecular weight is 300 g/mol. The van der Waals surface area contributed by atoms with Gasteiger partial charge in [0.15, 0.2) is 0 Å². The predicted molar refractivity (Wildman–Crippen MR) is 81.1 cm³/mol. The third kappa shape index (κ3) is 4.76. The molecule has 0 saturated heterocycles. The number of nitrogens with zero attached hydrogens (tertiary/aromatic N) is 1. The van der Waals surface area contributed by atoms with Crippen LogP contribution in [0, 0.1) is 6.92 Å². The molecule has 0 atom stereocenters. The fourth-order valence-corrected chi connectivity index (χ4v) is 3.03. The molecule has 0 aromatic carbocycles. The van der Waals surface area contributed by atoms with E-state index in [1.54, 1.807) is 12.3 Å². The van der Waals surface area contributed by atoms with Crippen LogP contribution in [-0.2, 0) is 11.3 Å². The quantitative estimate of drug-likeness (QED) is 0.767. The molecule has 6 heteroatoms. The summed E-state index contributed by atoms with van der Waals surface area (Å²) in [5.74, 6) is -0.237. The van der Waals surface area contributed by atoms with E-state index in [-0.39, 0.29) is 23.9 Å². The summed E-state index contributed by atoms with van der Waals surface area (Å²) >= 11 is 1.09. The number of nitrogens with one attached hydrogen (secondary N) is 1. The maximum absolute atomic E-state index is 11.9. The minimum absolute atomic E-state index is 0.0164. The lowest BCUT2D eigenvalue weighted by Crippen LogP contribution is -2.44. The van der Waals surface area contributed by atoms with Gasteiger partial charge in [-0.3, -0.25) is 14.2 Å². The predicted octanol–water partition coefficient (Wildman–Crippen LogP) is 1.67. The monoisotopic (exact) mass is 300 g/mol. The molecule has 114 valence electrons. The van der Waals surface area contributed by atoms with Gasteiger partial charge in [-0.1, -0.05) is 38.0 Å². The molecule has 5 nitrogen and oxygen atoms in total. The van der Waals surface area contributed by atoms with Crippen LogP contribution in [0.3, 0.4) is 0 Å². The SMILES string of the molecule is CCCC(O)(CCC)CNC(=O)Cn1c(C)csc1=O. The Morgan fingerprint density at radius 2 is 2.00 bits per heavy atom. The number of aryl methyl sites for hydroxylation is 1. The van der Waals surface area contributed by atoms with Gasteiger partial charge in [0.25, 0.3) is 0 Å². The van der Waals surface area contributed by atoms with Crippen LogP contribution >= 0.6 is 11.3 Å². The number of aromatic nitrogens is 1. The first-order valence-electron chi connectivity index (χ1n) is 7.06. The highest BCUT2D eigenvalue weighted by Crippen LogP contribution is 2.18. The van der Waals surface area contributed by atoms with Crippen molar-refractivity contribution in [3.8, 4) is 0 Å². The summed E-state index contributed by atoms with van der Waals surface area (Å²) in [6.07, 6.45) is 3.07. The van der Waals surface area contributed by atoms with Crippen LogP contribution in [0.2, 0.25) is 0 Å². The van der Waals surface area contributed by atoms with Crippen molar-refractivity contribution >= 4 is 17.2 Å². The molecule has 0 radical (unpaired) electrons. The average Bonchev–Trinajstić information content (AvgIpc) is 2.69. The maximum Gasteiger partial charge on any atom is 0.307 e. The molecule has 1 aromatic heterocycles. The molecule has 0 unspecified atom stereocenters. The highest BCUT2D eigenvalue weighted by Gasteiger charge is 2.25. The zero-order valence-corrected chi connectivity index (χ0v) is 13.3. The van der Waals surface area contributed by atoms with Crippen molar-refractivity contribution in [2.24, 2.45) is 0 Å². The maximum atomic E-state index is 11.9. The molecular formula is C14H24N2O3S. The number of carbonyl (C=O) groups is 1. The standard InChI is InChI=1S/C14H24N2O3S/c1-4-6-14(19,7-5-2)10-15-12(17)8-16-11(3)9-20-13(16)18/h9,19H,4-8,10H2,1-3H3,(H,15,17). The Kier molecular flexibility index (Phi) is 6.42. The molecule has 2 N–H and O–H groups in total. The Hall–Kier alpha value is -1.14. The first kappa shape index (κ1) is 16.9. The molecule has 0 saturated carbocycles. The van der Waals surface area contributed by atoms with Crippen molar-refractivity contribution in [2.45, 2.75) is 58.6 Å². The number of amides is 1. The minimum atomic E-state index is -0.839. The lowest BCUT2D eigenvalue weighted by atomic mass is 9.92. The summed E-state index contributed by atoms with van der Waals surface area (Å²) in [4.78, 5) is 23.3. The molecule has 0 bridgehead atoms. The van der Waals surface area contributed by atoms with Gasteiger partial charge in [-0.15, -0.1) is 0 Å². The Morgan fingerprint density at radius 1 is 1.40 bits per heavy atom. The number of aliphatic hydroxyl groups is 1. The summed E-state index contributed by atoms with van der Waals surface area (Å²) in [5, 5.41) is 14.9. The molecule has 20 heavy (non-hydrogen) atoms. The highest BCUT2D eigenvalue weighted by molar-refractivity contribution is 7.07. The first-order valence-corrected chi connectivity index (χ1v) is 7.94. The van der Waals surface area contributed by atoms with E-state index in [1.807, 2.05) is 13.8 Å². The molecular weight excluding hydrogens is 276 g/mol. The van der Waals surface area contributed by atoms with Gasteiger partial charge < -0.3 is 10.4 Å². The first-order chi connectivity index (χ1) is 9.41. The van der Waals surface area contributed by atoms with E-state index in [0.717, 1.165) is 29.9 Å². The summed E-state index contributed by atoms with van der Waals surface area (Å²) in [7, 11) is 0. The van der Waals surface area contributed by atoms with E-state index in [1.165, 1.54) is 4.57 Å². The molecule has 0 spiro atoms. The van der Waals surface area contributed by atoms with Crippen molar-refractivity contribution in [1.29, 1.82) is 0 Å². The van der Waals surface area contributed by atoms with E-state index in [4.69, 9.17) is 0 Å². The minimum Gasteiger partial charge on any atom is -0.388 e. The van der Waals surface area contributed by atoms with Gasteiger partial charge in [-0.25, -0.2) is 0 Å². The van der Waals surface area contributed by atoms with Gasteiger partial charge >= 0.3 is 4.87 Å². The number of rotatable bonds is 8. The van der Waals surface area contributed by atoms with E-state index < -0.39 is 5.60 Å². The number of carbonyl (C=O) groups excluding carboxylic acids is 1. The zero-order chi connectivity index (χ0) is 15.2. The van der Waals surface area contributed by atoms with Crippen molar-refractivity contribution in [1.82, 2.24) is 9.88 Å². The van der Waals surface area contributed by atoms with Gasteiger partial charge in [0.05, 0.1) is 5.60 Å². The van der Waals surface area contributed by atoms with E-state index >= 15 is 0 Å². The summed E-state index contributed by atoms with van der Waals surface area (Å²) in [5.41, 5.74) is -0.0547. The summed E-state index contributed by atoms with van der Waals surface area (Å²) in [6, 6.07) is 0. The highest BCUT2D eigenvalue weighted by atomic mass is 32.1. The molecule has 1 heterocycles. The second kappa shape index (κ2) is 7.59. The third-order valence-electron chi connectivity index (χ3n) is 3.32. The number of thiazole rings is 1. The normalized spacial score (nSPS) is 11.6. The smallest absolute Gasteiger partial charge is 0.307 e. The molecule has 1 rings (SSSR count). The van der Waals surface area contributed by atoms with Crippen LogP contribution in [0.1, 0.15) is 45.2 Å². The van der Waals surface area contributed by atoms with Crippen LogP contribution in [0.15, 0.2) is 10.2 Å². The molecule has 1 amide bonds. The van der Waals surface area contributed by atoms with Crippen LogP contribution < -0.4 is 10.2 Å². The third-order valence-corrected chi connectivity index (χ3v) is 4.20. The van der Waals surface area contributed by atoms with Crippen LogP contribution in [-0.4, -0.2) is 27.7 Å². The summed E-state index contributed by atoms with van der Waals surface area (Å²) < 4.78 is 1.44. The van der Waals surface area contributed by atoms with Gasteiger partial charge in [0.2, 0.25) is 5.91 Å². The van der Waals surface area contributed by atoms with Crippen LogP contribution in [0.5, 0.6) is 0 Å². The molecule has 0 fully saturated rings. The van der Waals surface area contributed by atoms with Gasteiger partial charge in [0.1, 0.15) is 6.54 Å². The van der Waals surface area contributed by atoms with Crippen LogP contribution in [0.25, 0.3) is 0 Å². The van der Waals surface area contributed by atoms with Gasteiger partial charge in [-0.2, -0.15) is 0 Å². The van der Waals surface area contributed by atoms with E-state index in [9.17, 15) is 14.7 Å². The second-order valence-electron chi connectivity index (χ2n) is 5.23. The van der Waals surface area contributed by atoms with Crippen LogP contribution in [0.4, 0.5) is 0 Å². The summed E-state index contributed by atoms with van der Waals surface area (Å²) in [6.45, 7) is 6.08. The zero-order valence-electron chi connectivity index (χ0n) is 12.4. The topological polar surface area (TPSA) is 71.3 Å². The lowest BCUT2D eigenvalue weighted by molar-refractivity contribution is -0.123. The van der Waals surface area contributed by atoms with E-state index in [0.29, 0.717) is 12.8 Å². The molecule has 0 aliphatic carbocycles. The second-order valence-corrected chi connectivity index (χ2v) is 6.05. The largest absolute Gasteiger partial charge is 0.388 e. The van der Waals surface area contributed by atoms with Crippen molar-refractivity contribution in [3.63, 3.8) is 0 Å². The Balaban J connectivity index is 2.56. The Morgan fingerprint density at radius 3 is 2.45 bits per heavy atom. The molecule has 0 aliphatic heterocycles. The molecule has 1 aromatic rings. The number of hydrogen-bond donors (Lipinski definition) is 2. The number of hydrogen-bond acceptors (Lipinski definition) is 4. The van der Waals surface area contributed by atoms with E-state index in [2.05, 4.69) is 5.32 Å².